The molecule has 0 aromatic rings. The van der Waals surface area contributed by atoms with Crippen LogP contribution in [0.1, 0.15) is 45.4 Å². The van der Waals surface area contributed by atoms with Gasteiger partial charge in [0.25, 0.3) is 0 Å². The molecule has 1 amide bonds. The normalized spacial score (nSPS) is 45.6. The van der Waals surface area contributed by atoms with Crippen molar-refractivity contribution in [3.05, 3.63) is 12.2 Å². The number of amides is 1. The van der Waals surface area contributed by atoms with Crippen molar-refractivity contribution in [3.8, 4) is 0 Å². The summed E-state index contributed by atoms with van der Waals surface area (Å²) in [6.07, 6.45) is 11.4. The highest BCUT2D eigenvalue weighted by Crippen LogP contribution is 2.61. The van der Waals surface area contributed by atoms with E-state index in [0.29, 0.717) is 6.54 Å². The summed E-state index contributed by atoms with van der Waals surface area (Å²) in [5.74, 6) is 2.42. The van der Waals surface area contributed by atoms with Crippen molar-refractivity contribution in [1.29, 1.82) is 0 Å². The third-order valence-electron chi connectivity index (χ3n) is 7.45. The summed E-state index contributed by atoms with van der Waals surface area (Å²) < 4.78 is 0. The summed E-state index contributed by atoms with van der Waals surface area (Å²) >= 11 is 0. The van der Waals surface area contributed by atoms with Crippen LogP contribution in [0.4, 0.5) is 0 Å². The zero-order valence-corrected chi connectivity index (χ0v) is 14.4. The van der Waals surface area contributed by atoms with Gasteiger partial charge in [-0.1, -0.05) is 19.0 Å². The highest BCUT2D eigenvalue weighted by Gasteiger charge is 2.56. The molecule has 4 saturated carbocycles. The Balaban J connectivity index is 1.57. The molecule has 5 aliphatic rings. The molecule has 1 aliphatic heterocycles. The first-order valence-electron chi connectivity index (χ1n) is 9.27. The van der Waals surface area contributed by atoms with Crippen LogP contribution in [0, 0.1) is 23.2 Å². The van der Waals surface area contributed by atoms with Gasteiger partial charge in [0.2, 0.25) is 5.91 Å². The molecule has 0 saturated heterocycles. The molecule has 0 spiro atoms. The number of rotatable bonds is 3. The van der Waals surface area contributed by atoms with Crippen molar-refractivity contribution in [2.24, 2.45) is 28.9 Å². The fraction of sp³-hybridized carbons (Fsp3) is 0.833. The van der Waals surface area contributed by atoms with Crippen LogP contribution in [0.15, 0.2) is 12.2 Å². The zero-order chi connectivity index (χ0) is 16.4. The van der Waals surface area contributed by atoms with Gasteiger partial charge >= 0.3 is 6.92 Å². The van der Waals surface area contributed by atoms with E-state index in [1.807, 2.05) is 19.1 Å². The van der Waals surface area contributed by atoms with Gasteiger partial charge in [-0.2, -0.15) is 0 Å². The van der Waals surface area contributed by atoms with Gasteiger partial charge in [0.1, 0.15) is 0 Å². The van der Waals surface area contributed by atoms with Crippen LogP contribution >= 0.6 is 0 Å². The van der Waals surface area contributed by atoms with Gasteiger partial charge in [-0.25, -0.2) is 0 Å². The first kappa shape index (κ1) is 15.7. The molecule has 4 nitrogen and oxygen atoms in total. The van der Waals surface area contributed by atoms with Crippen molar-refractivity contribution >= 4 is 12.8 Å². The van der Waals surface area contributed by atoms with E-state index < -0.39 is 18.4 Å². The van der Waals surface area contributed by atoms with Gasteiger partial charge in [0.15, 0.2) is 0 Å². The quantitative estimate of drug-likeness (QED) is 0.617. The third-order valence-corrected chi connectivity index (χ3v) is 7.45. The molecule has 1 unspecified atom stereocenters. The molecule has 4 bridgehead atoms. The van der Waals surface area contributed by atoms with Crippen LogP contribution < -0.4 is 5.73 Å². The molecule has 0 radical (unpaired) electrons. The molecule has 1 heterocycles. The summed E-state index contributed by atoms with van der Waals surface area (Å²) in [5.41, 5.74) is 6.02. The lowest BCUT2D eigenvalue weighted by Gasteiger charge is -2.59. The van der Waals surface area contributed by atoms with Crippen molar-refractivity contribution in [2.45, 2.75) is 63.8 Å². The lowest BCUT2D eigenvalue weighted by molar-refractivity contribution is -0.144. The molecular weight excluding hydrogens is 287 g/mol. The minimum atomic E-state index is -0.614. The smallest absolute Gasteiger partial charge is 0.316 e. The Kier molecular flexibility index (Phi) is 3.48. The van der Waals surface area contributed by atoms with Crippen molar-refractivity contribution in [3.63, 3.8) is 0 Å². The zero-order valence-electron chi connectivity index (χ0n) is 14.4. The monoisotopic (exact) mass is 316 g/mol. The molecule has 23 heavy (non-hydrogen) atoms. The van der Waals surface area contributed by atoms with Gasteiger partial charge in [0, 0.05) is 6.54 Å². The van der Waals surface area contributed by atoms with E-state index in [4.69, 9.17) is 5.73 Å². The van der Waals surface area contributed by atoms with Crippen molar-refractivity contribution in [2.75, 3.05) is 6.54 Å². The number of hydrogen-bond acceptors (Lipinski definition) is 3. The summed E-state index contributed by atoms with van der Waals surface area (Å²) in [5, 5.41) is 10.2. The van der Waals surface area contributed by atoms with Crippen LogP contribution in [0.2, 0.25) is 6.82 Å². The van der Waals surface area contributed by atoms with Gasteiger partial charge in [-0.15, -0.1) is 0 Å². The predicted octanol–water partition coefficient (Wildman–Crippen LogP) is 1.84. The standard InChI is InChI=1S/C18H29BN2O2/c1-17(19(2)23)4-3-5-21(17)16(22)15(20)18-9-12-6-13(10-18)8-14(7-12)11-18/h3-4,12-15,23H,5-11,20H2,1-2H3/t12?,13?,14?,15-,17?,18?/m1/s1. The maximum atomic E-state index is 13.2. The Bertz CT molecular complexity index is 512. The second-order valence-electron chi connectivity index (χ2n) is 9.01. The highest BCUT2D eigenvalue weighted by atomic mass is 16.2. The van der Waals surface area contributed by atoms with E-state index in [1.54, 1.807) is 11.7 Å². The maximum absolute atomic E-state index is 13.2. The van der Waals surface area contributed by atoms with Crippen LogP contribution in [-0.2, 0) is 4.79 Å². The lowest BCUT2D eigenvalue weighted by atomic mass is 9.47. The molecule has 0 aromatic carbocycles. The van der Waals surface area contributed by atoms with Crippen LogP contribution in [0.5, 0.6) is 0 Å². The van der Waals surface area contributed by atoms with Crippen molar-refractivity contribution < 1.29 is 9.82 Å². The van der Waals surface area contributed by atoms with Crippen LogP contribution in [-0.4, -0.2) is 40.8 Å². The molecule has 3 N–H and O–H groups in total. The SMILES string of the molecule is CB(O)C1(C)C=CCN1C(=O)[C@@H](N)C12CC3CC(CC(C3)C1)C2. The molecule has 0 aromatic heterocycles. The number of carbonyl (C=O) groups is 1. The van der Waals surface area contributed by atoms with Gasteiger partial charge < -0.3 is 15.7 Å². The first-order valence-corrected chi connectivity index (χ1v) is 9.27. The summed E-state index contributed by atoms with van der Waals surface area (Å²) in [6.45, 7) is 3.67. The molecule has 2 atom stereocenters. The maximum Gasteiger partial charge on any atom is 0.316 e. The summed E-state index contributed by atoms with van der Waals surface area (Å²) in [7, 11) is 0. The van der Waals surface area contributed by atoms with E-state index in [1.165, 1.54) is 19.3 Å². The molecule has 4 aliphatic carbocycles. The molecule has 5 rings (SSSR count). The Labute approximate surface area is 139 Å². The summed E-state index contributed by atoms with van der Waals surface area (Å²) in [6, 6.07) is -0.408. The fourth-order valence-electron chi connectivity index (χ4n) is 6.36. The Hall–Kier alpha value is -0.805. The lowest BCUT2D eigenvalue weighted by Crippen LogP contribution is -2.64. The second-order valence-corrected chi connectivity index (χ2v) is 9.01. The van der Waals surface area contributed by atoms with Crippen LogP contribution in [0.25, 0.3) is 0 Å². The van der Waals surface area contributed by atoms with E-state index in [2.05, 4.69) is 0 Å². The molecule has 5 heteroatoms. The van der Waals surface area contributed by atoms with Crippen LogP contribution in [0.3, 0.4) is 0 Å². The van der Waals surface area contributed by atoms with Gasteiger partial charge in [0.05, 0.1) is 11.5 Å². The minimum absolute atomic E-state index is 0.0219. The summed E-state index contributed by atoms with van der Waals surface area (Å²) in [4.78, 5) is 15.0. The molecule has 4 fully saturated rings. The minimum Gasteiger partial charge on any atom is -0.448 e. The van der Waals surface area contributed by atoms with E-state index in [0.717, 1.165) is 37.0 Å². The van der Waals surface area contributed by atoms with E-state index >= 15 is 0 Å². The van der Waals surface area contributed by atoms with Gasteiger partial charge in [-0.05, 0) is 68.6 Å². The Morgan fingerprint density at radius 1 is 1.26 bits per heavy atom. The predicted molar refractivity (Wildman–Crippen MR) is 91.7 cm³/mol. The van der Waals surface area contributed by atoms with E-state index in [-0.39, 0.29) is 11.3 Å². The number of carbonyl (C=O) groups excluding carboxylic acids is 1. The van der Waals surface area contributed by atoms with Gasteiger partial charge in [-0.3, -0.25) is 4.79 Å². The molecular formula is C18H29BN2O2. The highest BCUT2D eigenvalue weighted by molar-refractivity contribution is 6.54. The number of nitrogens with two attached hydrogens (primary N) is 1. The fourth-order valence-corrected chi connectivity index (χ4v) is 6.36. The van der Waals surface area contributed by atoms with E-state index in [9.17, 15) is 9.82 Å². The molecule has 126 valence electrons. The average Bonchev–Trinajstić information content (AvgIpc) is 2.87. The number of nitrogens with zero attached hydrogens (tertiary/aromatic N) is 1. The first-order chi connectivity index (χ1) is 10.8. The second kappa shape index (κ2) is 5.09. The average molecular weight is 316 g/mol. The third kappa shape index (κ3) is 2.23. The topological polar surface area (TPSA) is 66.6 Å². The Morgan fingerprint density at radius 3 is 2.26 bits per heavy atom. The Morgan fingerprint density at radius 2 is 1.78 bits per heavy atom. The number of hydrogen-bond donors (Lipinski definition) is 2. The largest absolute Gasteiger partial charge is 0.448 e. The van der Waals surface area contributed by atoms with Crippen molar-refractivity contribution in [1.82, 2.24) is 4.90 Å².